The molecule has 1 aromatic carbocycles. The van der Waals surface area contributed by atoms with E-state index in [-0.39, 0.29) is 18.4 Å². The molecule has 11 heteroatoms. The van der Waals surface area contributed by atoms with Gasteiger partial charge >= 0.3 is 6.18 Å². The molecule has 2 aliphatic heterocycles. The molecule has 0 amide bonds. The summed E-state index contributed by atoms with van der Waals surface area (Å²) in [4.78, 5) is 24.5. The van der Waals surface area contributed by atoms with E-state index in [1.165, 1.54) is 6.07 Å². The van der Waals surface area contributed by atoms with Crippen molar-refractivity contribution in [2.45, 2.75) is 31.7 Å². The number of para-hydroxylation sites is 2. The van der Waals surface area contributed by atoms with Crippen molar-refractivity contribution in [3.8, 4) is 0 Å². The molecule has 2 aromatic heterocycles. The van der Waals surface area contributed by atoms with Crippen molar-refractivity contribution in [3.63, 3.8) is 0 Å². The minimum Gasteiger partial charge on any atom is -0.439 e. The highest BCUT2D eigenvalue weighted by atomic mass is 19.4. The second-order valence-corrected chi connectivity index (χ2v) is 7.87. The van der Waals surface area contributed by atoms with Gasteiger partial charge in [0, 0.05) is 19.2 Å². The van der Waals surface area contributed by atoms with E-state index in [2.05, 4.69) is 9.97 Å². The van der Waals surface area contributed by atoms with Gasteiger partial charge in [0.1, 0.15) is 11.3 Å². The first-order valence-electron chi connectivity index (χ1n) is 9.90. The fourth-order valence-corrected chi connectivity index (χ4v) is 4.02. The van der Waals surface area contributed by atoms with Crippen molar-refractivity contribution < 1.29 is 22.3 Å². The summed E-state index contributed by atoms with van der Waals surface area (Å²) in [5, 5.41) is 0. The molecule has 0 radical (unpaired) electrons. The summed E-state index contributed by atoms with van der Waals surface area (Å²) < 4.78 is 54.6. The molecule has 0 spiro atoms. The van der Waals surface area contributed by atoms with Gasteiger partial charge in [0.15, 0.2) is 11.1 Å². The summed E-state index contributed by atoms with van der Waals surface area (Å²) in [5.41, 5.74) is -1.83. The Morgan fingerprint density at radius 2 is 1.90 bits per heavy atom. The van der Waals surface area contributed by atoms with Crippen molar-refractivity contribution in [1.29, 1.82) is 0 Å². The maximum atomic E-state index is 14.2. The number of oxazole rings is 1. The number of aromatic nitrogens is 3. The van der Waals surface area contributed by atoms with Gasteiger partial charge in [0.2, 0.25) is 11.8 Å². The van der Waals surface area contributed by atoms with Crippen LogP contribution in [0, 0.1) is 0 Å². The molecule has 1 fully saturated rings. The molecule has 1 saturated heterocycles. The first kappa shape index (κ1) is 19.9. The molecule has 8 nitrogen and oxygen atoms in total. The molecule has 0 aliphatic carbocycles. The van der Waals surface area contributed by atoms with Crippen LogP contribution in [0.1, 0.15) is 12.8 Å². The quantitative estimate of drug-likeness (QED) is 0.626. The summed E-state index contributed by atoms with van der Waals surface area (Å²) in [6, 6.07) is 8.25. The first-order chi connectivity index (χ1) is 14.8. The maximum absolute atomic E-state index is 14.2. The number of hydrogen-bond acceptors (Lipinski definition) is 7. The number of nitrogens with zero attached hydrogens (tertiary/aromatic N) is 5. The summed E-state index contributed by atoms with van der Waals surface area (Å²) in [5.74, 6) is 0.417. The number of ether oxygens (including phenoxy) is 1. The molecule has 3 aromatic rings. The zero-order valence-corrected chi connectivity index (χ0v) is 16.7. The topological polar surface area (TPSA) is 76.6 Å². The van der Waals surface area contributed by atoms with Gasteiger partial charge in [-0.1, -0.05) is 12.1 Å². The standard InChI is InChI=1S/C20H20F3N5O3/c1-19(20(21,22)23)12-27-17(29)10-15(26-6-8-30-9-7-26)25-18(27)28(19)11-16-24-13-4-2-3-5-14(13)31-16/h2-5,10H,6-9,11-12H2,1H3. The zero-order valence-electron chi connectivity index (χ0n) is 16.7. The van der Waals surface area contributed by atoms with E-state index in [9.17, 15) is 18.0 Å². The van der Waals surface area contributed by atoms with Crippen LogP contribution >= 0.6 is 0 Å². The first-order valence-corrected chi connectivity index (χ1v) is 9.90. The fraction of sp³-hybridized carbons (Fsp3) is 0.450. The van der Waals surface area contributed by atoms with Gasteiger partial charge in [-0.15, -0.1) is 0 Å². The van der Waals surface area contributed by atoms with Crippen LogP contribution in [0.5, 0.6) is 0 Å². The third-order valence-electron chi connectivity index (χ3n) is 5.86. The van der Waals surface area contributed by atoms with E-state index in [1.54, 1.807) is 24.3 Å². The number of rotatable bonds is 3. The lowest BCUT2D eigenvalue weighted by atomic mass is 10.0. The summed E-state index contributed by atoms with van der Waals surface area (Å²) >= 11 is 0. The number of halogens is 3. The van der Waals surface area contributed by atoms with Crippen LogP contribution in [0.2, 0.25) is 0 Å². The zero-order chi connectivity index (χ0) is 21.8. The van der Waals surface area contributed by atoms with Crippen molar-refractivity contribution in [3.05, 3.63) is 46.6 Å². The Morgan fingerprint density at radius 1 is 1.16 bits per heavy atom. The van der Waals surface area contributed by atoms with Gasteiger partial charge in [-0.2, -0.15) is 18.2 Å². The van der Waals surface area contributed by atoms with Crippen LogP contribution in [0.3, 0.4) is 0 Å². The Morgan fingerprint density at radius 3 is 2.61 bits per heavy atom. The SMILES string of the molecule is CC1(C(F)(F)F)Cn2c(nc(N3CCOCC3)cc2=O)N1Cc1nc2ccccc2o1. The number of hydrogen-bond donors (Lipinski definition) is 0. The largest absolute Gasteiger partial charge is 0.439 e. The van der Waals surface area contributed by atoms with Gasteiger partial charge in [0.25, 0.3) is 5.56 Å². The molecule has 0 bridgehead atoms. The average Bonchev–Trinajstić information content (AvgIpc) is 3.28. The molecule has 4 heterocycles. The summed E-state index contributed by atoms with van der Waals surface area (Å²) in [6.45, 7) is 2.19. The predicted molar refractivity (Wildman–Crippen MR) is 106 cm³/mol. The molecule has 2 aliphatic rings. The Hall–Kier alpha value is -3.08. The van der Waals surface area contributed by atoms with Gasteiger partial charge in [-0.3, -0.25) is 9.36 Å². The summed E-state index contributed by atoms with van der Waals surface area (Å²) in [7, 11) is 0. The normalized spacial score (nSPS) is 21.7. The molecule has 1 atom stereocenters. The van der Waals surface area contributed by atoms with E-state index in [4.69, 9.17) is 9.15 Å². The molecule has 31 heavy (non-hydrogen) atoms. The number of morpholine rings is 1. The van der Waals surface area contributed by atoms with Gasteiger partial charge in [0.05, 0.1) is 26.3 Å². The number of anilines is 2. The third kappa shape index (κ3) is 3.23. The third-order valence-corrected chi connectivity index (χ3v) is 5.86. The van der Waals surface area contributed by atoms with Crippen molar-refractivity contribution >= 4 is 22.9 Å². The van der Waals surface area contributed by atoms with Crippen LogP contribution in [-0.2, 0) is 17.8 Å². The van der Waals surface area contributed by atoms with Gasteiger partial charge in [-0.05, 0) is 19.1 Å². The second-order valence-electron chi connectivity index (χ2n) is 7.87. The van der Waals surface area contributed by atoms with E-state index in [1.807, 2.05) is 4.90 Å². The Balaban J connectivity index is 1.60. The monoisotopic (exact) mass is 435 g/mol. The Labute approximate surface area is 174 Å². The molecule has 164 valence electrons. The van der Waals surface area contributed by atoms with Crippen molar-refractivity contribution in [2.24, 2.45) is 0 Å². The predicted octanol–water partition coefficient (Wildman–Crippen LogP) is 2.56. The second kappa shape index (κ2) is 6.98. The lowest BCUT2D eigenvalue weighted by Crippen LogP contribution is -2.55. The molecular formula is C20H20F3N5O3. The Bertz CT molecular complexity index is 1150. The molecule has 1 unspecified atom stereocenters. The average molecular weight is 435 g/mol. The highest BCUT2D eigenvalue weighted by Gasteiger charge is 2.60. The van der Waals surface area contributed by atoms with Crippen LogP contribution in [-0.4, -0.2) is 52.6 Å². The molecule has 0 N–H and O–H groups in total. The van der Waals surface area contributed by atoms with E-state index in [0.29, 0.717) is 43.2 Å². The maximum Gasteiger partial charge on any atom is 0.413 e. The van der Waals surface area contributed by atoms with Gasteiger partial charge < -0.3 is 19.0 Å². The van der Waals surface area contributed by atoms with Crippen LogP contribution in [0.4, 0.5) is 24.9 Å². The van der Waals surface area contributed by atoms with E-state index < -0.39 is 23.8 Å². The van der Waals surface area contributed by atoms with E-state index in [0.717, 1.165) is 16.4 Å². The molecular weight excluding hydrogens is 415 g/mol. The number of fused-ring (bicyclic) bond motifs is 2. The van der Waals surface area contributed by atoms with Crippen LogP contribution < -0.4 is 15.4 Å². The Kier molecular flexibility index (Phi) is 4.47. The summed E-state index contributed by atoms with van der Waals surface area (Å²) in [6.07, 6.45) is -4.61. The molecule has 0 saturated carbocycles. The fourth-order valence-electron chi connectivity index (χ4n) is 4.02. The molecule has 5 rings (SSSR count). The van der Waals surface area contributed by atoms with Gasteiger partial charge in [-0.25, -0.2) is 4.98 Å². The van der Waals surface area contributed by atoms with E-state index >= 15 is 0 Å². The highest BCUT2D eigenvalue weighted by Crippen LogP contribution is 2.44. The van der Waals surface area contributed by atoms with Crippen LogP contribution in [0.25, 0.3) is 11.1 Å². The number of benzene rings is 1. The van der Waals surface area contributed by atoms with Crippen molar-refractivity contribution in [1.82, 2.24) is 14.5 Å². The van der Waals surface area contributed by atoms with Crippen molar-refractivity contribution in [2.75, 3.05) is 36.1 Å². The minimum absolute atomic E-state index is 0.0453. The lowest BCUT2D eigenvalue weighted by Gasteiger charge is -2.36. The van der Waals surface area contributed by atoms with Crippen LogP contribution in [0.15, 0.2) is 39.5 Å². The number of alkyl halides is 3. The lowest BCUT2D eigenvalue weighted by molar-refractivity contribution is -0.182. The smallest absolute Gasteiger partial charge is 0.413 e. The highest BCUT2D eigenvalue weighted by molar-refractivity contribution is 5.72. The minimum atomic E-state index is -4.61.